The Balaban J connectivity index is 1.27. The summed E-state index contributed by atoms with van der Waals surface area (Å²) >= 11 is 14.2. The molecule has 1 N–H and O–H groups in total. The van der Waals surface area contributed by atoms with Crippen molar-refractivity contribution in [3.05, 3.63) is 105 Å². The molecule has 1 aromatic heterocycles. The largest absolute Gasteiger partial charge is 0.492 e. The Labute approximate surface area is 241 Å². The number of carbonyl (C=O) groups is 1. The summed E-state index contributed by atoms with van der Waals surface area (Å²) in [7, 11) is 0. The molecule has 2 aliphatic heterocycles. The molecule has 0 saturated heterocycles. The van der Waals surface area contributed by atoms with Gasteiger partial charge in [-0.05, 0) is 84.0 Å². The summed E-state index contributed by atoms with van der Waals surface area (Å²) in [6, 6.07) is 20.2. The second-order valence-electron chi connectivity index (χ2n) is 9.62. The molecule has 3 heterocycles. The van der Waals surface area contributed by atoms with Crippen LogP contribution in [0.25, 0.3) is 10.9 Å². The van der Waals surface area contributed by atoms with Crippen LogP contribution in [0.1, 0.15) is 29.8 Å². The lowest BCUT2D eigenvalue weighted by Crippen LogP contribution is -2.42. The van der Waals surface area contributed by atoms with Crippen molar-refractivity contribution >= 4 is 52.0 Å². The third kappa shape index (κ3) is 5.57. The van der Waals surface area contributed by atoms with Crippen molar-refractivity contribution < 1.29 is 14.3 Å². The Kier molecular flexibility index (Phi) is 7.38. The van der Waals surface area contributed by atoms with Crippen LogP contribution in [0, 0.1) is 0 Å². The van der Waals surface area contributed by atoms with Crippen LogP contribution in [0.2, 0.25) is 10.0 Å². The third-order valence-corrected chi connectivity index (χ3v) is 8.52. The van der Waals surface area contributed by atoms with E-state index in [1.807, 2.05) is 54.2 Å². The summed E-state index contributed by atoms with van der Waals surface area (Å²) in [5.74, 6) is 2.21. The number of amides is 1. The molecule has 39 heavy (non-hydrogen) atoms. The first kappa shape index (κ1) is 26.0. The van der Waals surface area contributed by atoms with Gasteiger partial charge in [0.25, 0.3) is 0 Å². The first-order chi connectivity index (χ1) is 18.9. The van der Waals surface area contributed by atoms with E-state index in [1.165, 1.54) is 10.5 Å². The molecule has 0 radical (unpaired) electrons. The van der Waals surface area contributed by atoms with Crippen molar-refractivity contribution in [1.82, 2.24) is 14.8 Å². The quantitative estimate of drug-likeness (QED) is 0.252. The molecule has 4 aromatic rings. The van der Waals surface area contributed by atoms with Gasteiger partial charge in [-0.25, -0.2) is 4.79 Å². The van der Waals surface area contributed by atoms with Crippen LogP contribution in [0.4, 0.5) is 4.79 Å². The lowest BCUT2D eigenvalue weighted by Gasteiger charge is -2.35. The highest BCUT2D eigenvalue weighted by Gasteiger charge is 2.35. The molecule has 6 rings (SSSR count). The van der Waals surface area contributed by atoms with E-state index in [0.29, 0.717) is 35.4 Å². The fourth-order valence-corrected chi connectivity index (χ4v) is 6.23. The van der Waals surface area contributed by atoms with E-state index >= 15 is 0 Å². The molecule has 200 valence electrons. The number of fused-ring (bicyclic) bond motifs is 3. The van der Waals surface area contributed by atoms with Crippen molar-refractivity contribution in [2.24, 2.45) is 0 Å². The summed E-state index contributed by atoms with van der Waals surface area (Å²) in [5, 5.41) is 2.35. The summed E-state index contributed by atoms with van der Waals surface area (Å²) in [5.41, 5.74) is 4.09. The minimum absolute atomic E-state index is 0.358. The molecule has 2 aliphatic rings. The molecule has 0 fully saturated rings. The van der Waals surface area contributed by atoms with E-state index in [0.717, 1.165) is 40.3 Å². The van der Waals surface area contributed by atoms with Gasteiger partial charge in [0.15, 0.2) is 0 Å². The average Bonchev–Trinajstić information content (AvgIpc) is 3.52. The Morgan fingerprint density at radius 3 is 2.51 bits per heavy atom. The molecular formula is C30H27Cl2N3O3S. The topological polar surface area (TPSA) is 57.8 Å². The SMILES string of the molecule is CC1=CN(CCOc2ccc(C3c4[nH]c5ccc(Cl)cc5c4CCN3C(=O)Oc3ccc(Cl)cc3)cc2)CS1. The molecule has 6 nitrogen and oxygen atoms in total. The highest BCUT2D eigenvalue weighted by molar-refractivity contribution is 8.03. The number of aromatic amines is 1. The number of H-pyrrole nitrogens is 1. The minimum atomic E-state index is -0.420. The van der Waals surface area contributed by atoms with E-state index in [1.54, 1.807) is 29.2 Å². The van der Waals surface area contributed by atoms with Crippen molar-refractivity contribution in [3.8, 4) is 11.5 Å². The highest BCUT2D eigenvalue weighted by atomic mass is 35.5. The first-order valence-electron chi connectivity index (χ1n) is 12.8. The Morgan fingerprint density at radius 2 is 1.77 bits per heavy atom. The first-order valence-corrected chi connectivity index (χ1v) is 14.5. The predicted molar refractivity (Wildman–Crippen MR) is 158 cm³/mol. The summed E-state index contributed by atoms with van der Waals surface area (Å²) in [6.45, 7) is 4.05. The normalized spacial score (nSPS) is 16.8. The molecule has 1 unspecified atom stereocenters. The molecule has 9 heteroatoms. The maximum Gasteiger partial charge on any atom is 0.416 e. The number of aromatic nitrogens is 1. The van der Waals surface area contributed by atoms with Gasteiger partial charge in [0.1, 0.15) is 24.1 Å². The highest BCUT2D eigenvalue weighted by Crippen LogP contribution is 2.40. The molecule has 1 atom stereocenters. The number of carbonyl (C=O) groups excluding carboxylic acids is 1. The number of hydrogen-bond acceptors (Lipinski definition) is 5. The van der Waals surface area contributed by atoms with E-state index in [4.69, 9.17) is 32.7 Å². The van der Waals surface area contributed by atoms with E-state index < -0.39 is 6.09 Å². The molecule has 0 bridgehead atoms. The van der Waals surface area contributed by atoms with Crippen LogP contribution in [0.15, 0.2) is 77.8 Å². The van der Waals surface area contributed by atoms with Gasteiger partial charge in [0.05, 0.1) is 12.4 Å². The molecule has 0 spiro atoms. The van der Waals surface area contributed by atoms with Gasteiger partial charge in [-0.15, -0.1) is 11.8 Å². The smallest absolute Gasteiger partial charge is 0.416 e. The molecule has 1 amide bonds. The van der Waals surface area contributed by atoms with Gasteiger partial charge in [-0.1, -0.05) is 35.3 Å². The summed E-state index contributed by atoms with van der Waals surface area (Å²) in [6.07, 6.45) is 2.44. The Morgan fingerprint density at radius 1 is 1.03 bits per heavy atom. The van der Waals surface area contributed by atoms with Gasteiger partial charge in [-0.2, -0.15) is 0 Å². The lowest BCUT2D eigenvalue weighted by atomic mass is 9.92. The van der Waals surface area contributed by atoms with Crippen LogP contribution in [0.5, 0.6) is 11.5 Å². The van der Waals surface area contributed by atoms with Gasteiger partial charge >= 0.3 is 6.09 Å². The lowest BCUT2D eigenvalue weighted by molar-refractivity contribution is 0.135. The van der Waals surface area contributed by atoms with Crippen LogP contribution >= 0.6 is 35.0 Å². The number of thioether (sulfide) groups is 1. The predicted octanol–water partition coefficient (Wildman–Crippen LogP) is 7.87. The second-order valence-corrected chi connectivity index (χ2v) is 11.7. The molecule has 0 aliphatic carbocycles. The van der Waals surface area contributed by atoms with Crippen LogP contribution in [-0.2, 0) is 6.42 Å². The Hall–Kier alpha value is -3.26. The fraction of sp³-hybridized carbons (Fsp3) is 0.233. The zero-order valence-corrected chi connectivity index (χ0v) is 23.7. The zero-order valence-electron chi connectivity index (χ0n) is 21.3. The molecule has 0 saturated carbocycles. The number of rotatable bonds is 6. The second kappa shape index (κ2) is 11.1. The number of ether oxygens (including phenoxy) is 2. The molecule has 3 aromatic carbocycles. The Bertz CT molecular complexity index is 1540. The van der Waals surface area contributed by atoms with E-state index in [2.05, 4.69) is 23.0 Å². The third-order valence-electron chi connectivity index (χ3n) is 7.01. The minimum Gasteiger partial charge on any atom is -0.492 e. The van der Waals surface area contributed by atoms with Crippen molar-refractivity contribution in [2.75, 3.05) is 25.6 Å². The average molecular weight is 581 g/mol. The monoisotopic (exact) mass is 579 g/mol. The number of nitrogens with zero attached hydrogens (tertiary/aromatic N) is 2. The number of hydrogen-bond donors (Lipinski definition) is 1. The zero-order chi connectivity index (χ0) is 26.9. The molecular weight excluding hydrogens is 553 g/mol. The number of benzene rings is 3. The van der Waals surface area contributed by atoms with E-state index in [9.17, 15) is 4.79 Å². The van der Waals surface area contributed by atoms with Gasteiger partial charge < -0.3 is 19.4 Å². The standard InChI is InChI=1S/C30H27Cl2N3O3S/c1-19-17-34(18-39-19)14-15-37-23-7-2-20(3-8-23)29-28-25(26-16-22(32)6-11-27(26)33-28)12-13-35(29)30(36)38-24-9-4-21(31)5-10-24/h2-11,16-17,29,33H,12-15,18H2,1H3. The fourth-order valence-electron chi connectivity index (χ4n) is 5.14. The number of nitrogens with one attached hydrogen (secondary N) is 1. The van der Waals surface area contributed by atoms with Gasteiger partial charge in [0.2, 0.25) is 0 Å². The van der Waals surface area contributed by atoms with Gasteiger partial charge in [-0.3, -0.25) is 4.90 Å². The van der Waals surface area contributed by atoms with Crippen LogP contribution in [0.3, 0.4) is 0 Å². The van der Waals surface area contributed by atoms with Crippen molar-refractivity contribution in [1.29, 1.82) is 0 Å². The maximum atomic E-state index is 13.5. The van der Waals surface area contributed by atoms with Crippen molar-refractivity contribution in [3.63, 3.8) is 0 Å². The summed E-state index contributed by atoms with van der Waals surface area (Å²) < 4.78 is 11.8. The van der Waals surface area contributed by atoms with Crippen LogP contribution < -0.4 is 9.47 Å². The number of allylic oxidation sites excluding steroid dienone is 1. The summed E-state index contributed by atoms with van der Waals surface area (Å²) in [4.78, 5) is 22.4. The van der Waals surface area contributed by atoms with Crippen LogP contribution in [-0.4, -0.2) is 46.5 Å². The number of halogens is 2. The van der Waals surface area contributed by atoms with Crippen molar-refractivity contribution in [2.45, 2.75) is 19.4 Å². The maximum absolute atomic E-state index is 13.5. The van der Waals surface area contributed by atoms with Gasteiger partial charge in [0, 0.05) is 39.4 Å². The van der Waals surface area contributed by atoms with E-state index in [-0.39, 0.29) is 6.04 Å².